The van der Waals surface area contributed by atoms with Crippen molar-refractivity contribution in [1.82, 2.24) is 14.3 Å². The maximum atomic E-state index is 13.5. The van der Waals surface area contributed by atoms with E-state index in [1.165, 1.54) is 4.31 Å². The maximum Gasteiger partial charge on any atom is 0.243 e. The Kier molecular flexibility index (Phi) is 6.91. The van der Waals surface area contributed by atoms with Gasteiger partial charge in [0.1, 0.15) is 5.36 Å². The van der Waals surface area contributed by atoms with E-state index in [4.69, 9.17) is 9.98 Å². The summed E-state index contributed by atoms with van der Waals surface area (Å²) in [6.45, 7) is 6.19. The lowest BCUT2D eigenvalue weighted by atomic mass is 9.98. The van der Waals surface area contributed by atoms with Crippen LogP contribution < -0.4 is 10.7 Å². The van der Waals surface area contributed by atoms with Crippen molar-refractivity contribution in [3.8, 4) is 0 Å². The Morgan fingerprint density at radius 3 is 2.26 bits per heavy atom. The van der Waals surface area contributed by atoms with Crippen LogP contribution in [0.25, 0.3) is 0 Å². The van der Waals surface area contributed by atoms with E-state index in [2.05, 4.69) is 23.8 Å². The van der Waals surface area contributed by atoms with Crippen LogP contribution in [0.4, 0.5) is 0 Å². The molecule has 178 valence electrons. The summed E-state index contributed by atoms with van der Waals surface area (Å²) < 4.78 is 28.5. The van der Waals surface area contributed by atoms with Crippen molar-refractivity contribution in [3.63, 3.8) is 0 Å². The molecule has 2 unspecified atom stereocenters. The average molecular weight is 478 g/mol. The summed E-state index contributed by atoms with van der Waals surface area (Å²) in [6, 6.07) is 12.7. The molecule has 1 aliphatic rings. The van der Waals surface area contributed by atoms with E-state index in [0.29, 0.717) is 18.8 Å². The zero-order valence-electron chi connectivity index (χ0n) is 20.1. The Balaban J connectivity index is 1.53. The number of benzene rings is 1. The Morgan fingerprint density at radius 2 is 1.62 bits per heavy atom. The molecule has 2 atom stereocenters. The normalized spacial score (nSPS) is 18.4. The van der Waals surface area contributed by atoms with E-state index in [0.717, 1.165) is 28.3 Å². The topological polar surface area (TPSA) is 87.9 Å². The molecule has 2 aromatic heterocycles. The predicted octanol–water partition coefficient (Wildman–Crippen LogP) is 2.97. The number of sulfonamides is 1. The van der Waals surface area contributed by atoms with Gasteiger partial charge in [-0.15, -0.1) is 0 Å². The Bertz CT molecular complexity index is 1320. The highest BCUT2D eigenvalue weighted by Crippen LogP contribution is 2.25. The van der Waals surface area contributed by atoms with Crippen molar-refractivity contribution in [1.29, 1.82) is 0 Å². The predicted molar refractivity (Wildman–Crippen MR) is 131 cm³/mol. The second-order valence-electron chi connectivity index (χ2n) is 9.50. The zero-order valence-corrected chi connectivity index (χ0v) is 20.9. The Labute approximate surface area is 201 Å². The first-order valence-corrected chi connectivity index (χ1v) is 13.0. The number of nitrogens with zero attached hydrogens (tertiary/aromatic N) is 5. The maximum absolute atomic E-state index is 13.5. The molecule has 0 saturated heterocycles. The molecule has 0 bridgehead atoms. The highest BCUT2D eigenvalue weighted by molar-refractivity contribution is 7.89. The Hall–Kier alpha value is -2.97. The second kappa shape index (κ2) is 9.72. The summed E-state index contributed by atoms with van der Waals surface area (Å²) in [5.74, 6) is 0.362. The molecule has 0 N–H and O–H groups in total. The molecule has 1 aromatic carbocycles. The fraction of sp³-hybridized carbons (Fsp3) is 0.385. The molecular formula is C26H31N5O2S. The van der Waals surface area contributed by atoms with E-state index in [-0.39, 0.29) is 10.9 Å². The summed E-state index contributed by atoms with van der Waals surface area (Å²) in [5.41, 5.74) is 1.39. The van der Waals surface area contributed by atoms with E-state index in [1.807, 2.05) is 37.3 Å². The van der Waals surface area contributed by atoms with Crippen LogP contribution in [0.3, 0.4) is 0 Å². The SMILES string of the molecule is CC(C)CC(Cc1cccnc1)N(C)S(=O)(=O)c1ccc(CC2(C)N=c3ccncc3=N2)cc1. The van der Waals surface area contributed by atoms with Crippen LogP contribution >= 0.6 is 0 Å². The minimum absolute atomic E-state index is 0.156. The molecule has 0 aliphatic carbocycles. The van der Waals surface area contributed by atoms with Crippen LogP contribution in [-0.4, -0.2) is 41.4 Å². The minimum Gasteiger partial charge on any atom is -0.264 e. The molecule has 0 saturated carbocycles. The van der Waals surface area contributed by atoms with Crippen molar-refractivity contribution in [2.45, 2.75) is 56.6 Å². The fourth-order valence-electron chi connectivity index (χ4n) is 4.41. The number of hydrogen-bond donors (Lipinski definition) is 0. The lowest BCUT2D eigenvalue weighted by Crippen LogP contribution is -2.39. The van der Waals surface area contributed by atoms with Gasteiger partial charge in [0.25, 0.3) is 0 Å². The Morgan fingerprint density at radius 1 is 0.912 bits per heavy atom. The summed E-state index contributed by atoms with van der Waals surface area (Å²) in [7, 11) is -1.97. The largest absolute Gasteiger partial charge is 0.264 e. The number of aromatic nitrogens is 2. The van der Waals surface area contributed by atoms with Gasteiger partial charge in [0.2, 0.25) is 10.0 Å². The highest BCUT2D eigenvalue weighted by Gasteiger charge is 2.30. The molecule has 0 fully saturated rings. The van der Waals surface area contributed by atoms with Gasteiger partial charge in [0.15, 0.2) is 5.66 Å². The summed E-state index contributed by atoms with van der Waals surface area (Å²) in [5, 5.41) is 1.62. The number of likely N-dealkylation sites (N-methyl/N-ethyl adjacent to an activating group) is 1. The van der Waals surface area contributed by atoms with Crippen molar-refractivity contribution in [2.75, 3.05) is 7.05 Å². The van der Waals surface area contributed by atoms with Gasteiger partial charge in [0, 0.05) is 38.1 Å². The van der Waals surface area contributed by atoms with Gasteiger partial charge in [-0.05, 0) is 61.1 Å². The van der Waals surface area contributed by atoms with Crippen LogP contribution in [0.15, 0.2) is 82.1 Å². The van der Waals surface area contributed by atoms with Gasteiger partial charge in [0.05, 0.1) is 16.4 Å². The quantitative estimate of drug-likeness (QED) is 0.474. The number of pyridine rings is 2. The van der Waals surface area contributed by atoms with E-state index in [1.54, 1.807) is 44.0 Å². The minimum atomic E-state index is -3.65. The van der Waals surface area contributed by atoms with Crippen LogP contribution in [-0.2, 0) is 22.9 Å². The van der Waals surface area contributed by atoms with Crippen LogP contribution in [0.5, 0.6) is 0 Å². The van der Waals surface area contributed by atoms with Gasteiger partial charge >= 0.3 is 0 Å². The molecule has 1 aliphatic heterocycles. The summed E-state index contributed by atoms with van der Waals surface area (Å²) >= 11 is 0. The van der Waals surface area contributed by atoms with Gasteiger partial charge in [-0.2, -0.15) is 4.31 Å². The van der Waals surface area contributed by atoms with Gasteiger partial charge in [-0.25, -0.2) is 8.42 Å². The van der Waals surface area contributed by atoms with Crippen molar-refractivity contribution < 1.29 is 8.42 Å². The van der Waals surface area contributed by atoms with E-state index < -0.39 is 15.7 Å². The highest BCUT2D eigenvalue weighted by atomic mass is 32.2. The van der Waals surface area contributed by atoms with E-state index in [9.17, 15) is 8.42 Å². The van der Waals surface area contributed by atoms with Crippen LogP contribution in [0, 0.1) is 5.92 Å². The van der Waals surface area contributed by atoms with Gasteiger partial charge < -0.3 is 0 Å². The lowest BCUT2D eigenvalue weighted by Gasteiger charge is -2.29. The third-order valence-electron chi connectivity index (χ3n) is 6.09. The van der Waals surface area contributed by atoms with Crippen LogP contribution in [0.1, 0.15) is 38.3 Å². The second-order valence-corrected chi connectivity index (χ2v) is 11.5. The number of fused-ring (bicyclic) bond motifs is 1. The molecule has 0 amide bonds. The molecule has 0 spiro atoms. The number of rotatable bonds is 9. The van der Waals surface area contributed by atoms with Crippen molar-refractivity contribution in [3.05, 3.63) is 89.1 Å². The summed E-state index contributed by atoms with van der Waals surface area (Å²) in [6.07, 6.45) is 8.92. The third-order valence-corrected chi connectivity index (χ3v) is 8.02. The molecule has 7 nitrogen and oxygen atoms in total. The monoisotopic (exact) mass is 477 g/mol. The summed E-state index contributed by atoms with van der Waals surface area (Å²) in [4.78, 5) is 18.0. The lowest BCUT2D eigenvalue weighted by molar-refractivity contribution is 0.315. The molecular weight excluding hydrogens is 446 g/mol. The molecule has 3 aromatic rings. The first-order chi connectivity index (χ1) is 16.2. The zero-order chi connectivity index (χ0) is 24.3. The van der Waals surface area contributed by atoms with Crippen LogP contribution in [0.2, 0.25) is 0 Å². The van der Waals surface area contributed by atoms with Gasteiger partial charge in [-0.3, -0.25) is 20.0 Å². The first kappa shape index (κ1) is 24.2. The smallest absolute Gasteiger partial charge is 0.243 e. The van der Waals surface area contributed by atoms with Crippen molar-refractivity contribution in [2.24, 2.45) is 15.9 Å². The molecule has 34 heavy (non-hydrogen) atoms. The number of hydrogen-bond acceptors (Lipinski definition) is 6. The average Bonchev–Trinajstić information content (AvgIpc) is 3.14. The first-order valence-electron chi connectivity index (χ1n) is 11.5. The molecule has 4 rings (SSSR count). The van der Waals surface area contributed by atoms with Gasteiger partial charge in [-0.1, -0.05) is 32.0 Å². The molecule has 3 heterocycles. The van der Waals surface area contributed by atoms with Crippen molar-refractivity contribution >= 4 is 10.0 Å². The third kappa shape index (κ3) is 5.39. The molecule has 8 heteroatoms. The standard InChI is InChI=1S/C26H31N5O2S/c1-19(2)14-22(15-21-6-5-12-27-17-21)31(4)34(32,33)23-9-7-20(8-10-23)16-26(3)29-24-11-13-28-18-25(24)30-26/h5-13,17-19,22H,14-16H2,1-4H3. The fourth-order valence-corrected chi connectivity index (χ4v) is 5.77. The molecule has 0 radical (unpaired) electrons. The van der Waals surface area contributed by atoms with E-state index >= 15 is 0 Å².